The van der Waals surface area contributed by atoms with Gasteiger partial charge in [-0.15, -0.1) is 0 Å². The maximum atomic E-state index is 15.5. The Morgan fingerprint density at radius 3 is 2.23 bits per heavy atom. The lowest BCUT2D eigenvalue weighted by Gasteiger charge is -2.31. The van der Waals surface area contributed by atoms with Crippen LogP contribution < -0.4 is 42.8 Å². The topological polar surface area (TPSA) is 352 Å². The molecule has 5 aliphatic rings. The number of fused-ring (bicyclic) bond motifs is 5. The van der Waals surface area contributed by atoms with E-state index in [1.54, 1.807) is 50.2 Å². The van der Waals surface area contributed by atoms with Gasteiger partial charge in [-0.25, -0.2) is 14.2 Å². The minimum absolute atomic E-state index is 0.0314. The van der Waals surface area contributed by atoms with Gasteiger partial charge in [0.1, 0.15) is 37.3 Å². The van der Waals surface area contributed by atoms with Gasteiger partial charge >= 0.3 is 11.9 Å². The number of halogens is 1. The van der Waals surface area contributed by atoms with Crippen LogP contribution in [0.2, 0.25) is 0 Å². The molecule has 5 atom stereocenters. The number of aliphatic hydroxyl groups is 1. The highest BCUT2D eigenvalue weighted by Gasteiger charge is 2.46. The number of aromatic nitrogens is 2. The predicted octanol–water partition coefficient (Wildman–Crippen LogP) is -1.07. The molecule has 0 radical (unpaired) electrons. The van der Waals surface area contributed by atoms with E-state index >= 15 is 4.39 Å². The van der Waals surface area contributed by atoms with E-state index in [0.717, 1.165) is 30.6 Å². The summed E-state index contributed by atoms with van der Waals surface area (Å²) in [5.41, 5.74) is 1.73. The molecular formula is C55H59FN10O15. The van der Waals surface area contributed by atoms with Gasteiger partial charge in [0, 0.05) is 47.7 Å². The van der Waals surface area contributed by atoms with Gasteiger partial charge in [0.15, 0.2) is 5.60 Å². The number of nitrogens with one attached hydrogen (secondary N) is 7. The highest BCUT2D eigenvalue weighted by atomic mass is 19.1. The van der Waals surface area contributed by atoms with Gasteiger partial charge in [0.05, 0.1) is 61.2 Å². The van der Waals surface area contributed by atoms with Crippen molar-refractivity contribution < 1.29 is 72.0 Å². The summed E-state index contributed by atoms with van der Waals surface area (Å²) in [6.45, 7) is -0.425. The van der Waals surface area contributed by atoms with Gasteiger partial charge in [0.2, 0.25) is 35.4 Å². The van der Waals surface area contributed by atoms with Crippen LogP contribution in [0.15, 0.2) is 59.4 Å². The normalized spacial score (nSPS) is 18.6. The standard InChI is InChI=1S/C55H59FN10O15/c1-3-55(79)33-17-38-49-31(24-65(38)53(77)32(33)25-80-54(55)78)48-35(12-11-30-27(2)34(56)18-36(63-49)47(30)48)64-52(76)40(16-29-9-10-29)81-26-61-42(68)21-59-50(74)37(15-28-7-5-4-6-8-28)62-43(69)22-58-41(67)20-60-51(75)39(19-57-23-46(72)73)66-44(70)13-14-45(66)71/h4-8,13-14,17-18,29,35,37,39-40,57,79H,3,9-12,15-16,19-26H2,1-2H3,(H,58,67)(H,59,74)(H,60,75)(H,61,68)(H,62,69)(H,64,76)(H,72,73)/t35-,37-,39-,40+,55-/m0/s1. The third kappa shape index (κ3) is 12.2. The first-order valence-corrected chi connectivity index (χ1v) is 26.4. The van der Waals surface area contributed by atoms with E-state index in [1.165, 1.54) is 10.6 Å². The Hall–Kier alpha value is -8.75. The summed E-state index contributed by atoms with van der Waals surface area (Å²) in [4.78, 5) is 148. The first kappa shape index (κ1) is 57.0. The van der Waals surface area contributed by atoms with Crippen molar-refractivity contribution in [3.63, 3.8) is 0 Å². The van der Waals surface area contributed by atoms with Crippen LogP contribution in [-0.2, 0) is 89.0 Å². The molecule has 1 saturated carbocycles. The van der Waals surface area contributed by atoms with Crippen molar-refractivity contribution in [1.29, 1.82) is 0 Å². The molecule has 0 bridgehead atoms. The fraction of sp³-hybridized carbons (Fsp3) is 0.418. The van der Waals surface area contributed by atoms with Crippen LogP contribution in [0, 0.1) is 18.7 Å². The third-order valence-electron chi connectivity index (χ3n) is 15.1. The summed E-state index contributed by atoms with van der Waals surface area (Å²) >= 11 is 0. The van der Waals surface area contributed by atoms with E-state index in [-0.39, 0.29) is 43.0 Å². The second-order valence-electron chi connectivity index (χ2n) is 20.4. The first-order chi connectivity index (χ1) is 38.8. The van der Waals surface area contributed by atoms with Crippen LogP contribution in [0.5, 0.6) is 0 Å². The molecule has 2 aromatic carbocycles. The number of benzene rings is 2. The van der Waals surface area contributed by atoms with Gasteiger partial charge in [-0.3, -0.25) is 52.8 Å². The molecule has 4 aromatic rings. The molecule has 25 nitrogen and oxygen atoms in total. The molecule has 2 aromatic heterocycles. The zero-order chi connectivity index (χ0) is 57.9. The number of pyridine rings is 2. The summed E-state index contributed by atoms with van der Waals surface area (Å²) in [7, 11) is 0. The van der Waals surface area contributed by atoms with Gasteiger partial charge in [-0.05, 0) is 66.8 Å². The predicted molar refractivity (Wildman–Crippen MR) is 280 cm³/mol. The molecule has 2 aliphatic carbocycles. The van der Waals surface area contributed by atoms with Crippen LogP contribution in [-0.4, -0.2) is 142 Å². The number of hydrogen-bond acceptors (Lipinski definition) is 16. The summed E-state index contributed by atoms with van der Waals surface area (Å²) in [5, 5.41) is 38.8. The average Bonchev–Trinajstić information content (AvgIpc) is 4.08. The maximum Gasteiger partial charge on any atom is 0.343 e. The van der Waals surface area contributed by atoms with E-state index in [4.69, 9.17) is 19.6 Å². The summed E-state index contributed by atoms with van der Waals surface area (Å²) < 4.78 is 28.3. The molecule has 5 heterocycles. The Labute approximate surface area is 460 Å². The Morgan fingerprint density at radius 1 is 0.852 bits per heavy atom. The van der Waals surface area contributed by atoms with E-state index < -0.39 is 140 Å². The molecule has 0 unspecified atom stereocenters. The van der Waals surface area contributed by atoms with E-state index in [0.29, 0.717) is 68.7 Å². The molecule has 0 spiro atoms. The number of cyclic esters (lactones) is 1. The zero-order valence-corrected chi connectivity index (χ0v) is 44.1. The number of esters is 1. The monoisotopic (exact) mass is 1120 g/mol. The number of carbonyl (C=O) groups excluding carboxylic acids is 9. The van der Waals surface area contributed by atoms with Crippen LogP contribution in [0.4, 0.5) is 4.39 Å². The number of aliphatic carboxylic acids is 1. The van der Waals surface area contributed by atoms with E-state index in [9.17, 15) is 57.8 Å². The summed E-state index contributed by atoms with van der Waals surface area (Å²) in [6, 6.07) is 8.07. The summed E-state index contributed by atoms with van der Waals surface area (Å²) in [5.74, 6) is -8.68. The molecule has 9 N–H and O–H groups in total. The van der Waals surface area contributed by atoms with Gasteiger partial charge in [-0.2, -0.15) is 0 Å². The fourth-order valence-electron chi connectivity index (χ4n) is 10.6. The SMILES string of the molecule is CC[C@@]1(O)C(=O)OCc2c1cc1n(c2=O)Cc2c-1nc1cc(F)c(C)c3c1c2[C@@H](NC(=O)[C@@H](CC1CC1)OCNC(=O)CNC(=O)[C@H](Cc1ccccc1)NC(=O)CNC(=O)CNC(=O)[C@H](CNCC(=O)O)N1C(=O)C=CC1=O)CC3. The van der Waals surface area contributed by atoms with Gasteiger partial charge in [0.25, 0.3) is 17.4 Å². The molecule has 0 saturated heterocycles. The number of rotatable bonds is 24. The second kappa shape index (κ2) is 23.9. The van der Waals surface area contributed by atoms with Crippen molar-refractivity contribution in [2.75, 3.05) is 39.5 Å². The van der Waals surface area contributed by atoms with Crippen molar-refractivity contribution >= 4 is 70.1 Å². The lowest BCUT2D eigenvalue weighted by atomic mass is 9.81. The Balaban J connectivity index is 0.811. The Bertz CT molecular complexity index is 3360. The molecule has 9 rings (SSSR count). The highest BCUT2D eigenvalue weighted by Crippen LogP contribution is 2.46. The molecule has 26 heteroatoms. The zero-order valence-electron chi connectivity index (χ0n) is 44.1. The Morgan fingerprint density at radius 2 is 1.54 bits per heavy atom. The van der Waals surface area contributed by atoms with Crippen molar-refractivity contribution in [2.45, 2.75) is 102 Å². The fourth-order valence-corrected chi connectivity index (χ4v) is 10.6. The Kier molecular flexibility index (Phi) is 16.8. The molecule has 1 fully saturated rings. The average molecular weight is 1120 g/mol. The quantitative estimate of drug-likeness (QED) is 0.0202. The van der Waals surface area contributed by atoms with E-state index in [1.807, 2.05) is 0 Å². The van der Waals surface area contributed by atoms with Crippen LogP contribution >= 0.6 is 0 Å². The first-order valence-electron chi connectivity index (χ1n) is 26.4. The lowest BCUT2D eigenvalue weighted by molar-refractivity contribution is -0.172. The number of amides is 8. The number of carboxylic acid groups (broad SMARTS) is 1. The smallest absolute Gasteiger partial charge is 0.343 e. The minimum atomic E-state index is -2.07. The molecule has 8 amide bonds. The van der Waals surface area contributed by atoms with Crippen LogP contribution in [0.1, 0.15) is 84.0 Å². The number of hydrogen-bond donors (Lipinski definition) is 9. The number of ether oxygens (including phenoxy) is 2. The molecule has 3 aliphatic heterocycles. The number of nitrogens with zero attached hydrogens (tertiary/aromatic N) is 3. The molecule has 81 heavy (non-hydrogen) atoms. The minimum Gasteiger partial charge on any atom is -0.480 e. The molecular weight excluding hydrogens is 1060 g/mol. The second-order valence-corrected chi connectivity index (χ2v) is 20.4. The van der Waals surface area contributed by atoms with Crippen molar-refractivity contribution in [3.8, 4) is 11.4 Å². The van der Waals surface area contributed by atoms with Crippen molar-refractivity contribution in [2.24, 2.45) is 5.92 Å². The van der Waals surface area contributed by atoms with Crippen molar-refractivity contribution in [3.05, 3.63) is 110 Å². The van der Waals surface area contributed by atoms with Crippen LogP contribution in [0.3, 0.4) is 0 Å². The number of aryl methyl sites for hydroxylation is 1. The number of carbonyl (C=O) groups is 10. The third-order valence-corrected chi connectivity index (χ3v) is 15.1. The van der Waals surface area contributed by atoms with Crippen molar-refractivity contribution in [1.82, 2.24) is 51.7 Å². The summed E-state index contributed by atoms with van der Waals surface area (Å²) in [6.07, 6.45) is 3.53. The number of imide groups is 1. The largest absolute Gasteiger partial charge is 0.480 e. The maximum absolute atomic E-state index is 15.5. The highest BCUT2D eigenvalue weighted by molar-refractivity contribution is 6.15. The van der Waals surface area contributed by atoms with E-state index in [2.05, 4.69) is 37.2 Å². The van der Waals surface area contributed by atoms with Gasteiger partial charge in [-0.1, -0.05) is 50.1 Å². The number of carboxylic acids is 1. The van der Waals surface area contributed by atoms with Crippen LogP contribution in [0.25, 0.3) is 22.3 Å². The van der Waals surface area contributed by atoms with Gasteiger partial charge < -0.3 is 61.5 Å². The lowest BCUT2D eigenvalue weighted by Crippen LogP contribution is -2.56. The molecule has 426 valence electrons.